The standard InChI is InChI=1S/C15H16F2N2/c1-10-8-18-7-6-12(10)9-19-11(2)13-4-3-5-14(16)15(13)17/h3-8,11,19H,9H2,1-2H3. The zero-order chi connectivity index (χ0) is 13.8. The van der Waals surface area contributed by atoms with E-state index in [4.69, 9.17) is 0 Å². The molecule has 0 amide bonds. The molecule has 0 saturated carbocycles. The molecule has 1 N–H and O–H groups in total. The maximum Gasteiger partial charge on any atom is 0.163 e. The number of nitrogens with one attached hydrogen (secondary N) is 1. The topological polar surface area (TPSA) is 24.9 Å². The molecule has 1 aromatic carbocycles. The van der Waals surface area contributed by atoms with Gasteiger partial charge in [-0.05, 0) is 37.1 Å². The highest BCUT2D eigenvalue weighted by Gasteiger charge is 2.13. The summed E-state index contributed by atoms with van der Waals surface area (Å²) in [5.74, 6) is -1.60. The van der Waals surface area contributed by atoms with Crippen molar-refractivity contribution in [2.45, 2.75) is 26.4 Å². The SMILES string of the molecule is Cc1cnccc1CNC(C)c1cccc(F)c1F. The molecule has 0 spiro atoms. The van der Waals surface area contributed by atoms with Crippen LogP contribution in [0, 0.1) is 18.6 Å². The second-order valence-electron chi connectivity index (χ2n) is 4.55. The molecule has 1 heterocycles. The van der Waals surface area contributed by atoms with Gasteiger partial charge >= 0.3 is 0 Å². The molecule has 2 aromatic rings. The van der Waals surface area contributed by atoms with Crippen LogP contribution in [0.1, 0.15) is 29.7 Å². The van der Waals surface area contributed by atoms with Crippen LogP contribution in [0.15, 0.2) is 36.7 Å². The molecule has 19 heavy (non-hydrogen) atoms. The van der Waals surface area contributed by atoms with Gasteiger partial charge in [-0.1, -0.05) is 12.1 Å². The van der Waals surface area contributed by atoms with Crippen molar-refractivity contribution < 1.29 is 8.78 Å². The quantitative estimate of drug-likeness (QED) is 0.912. The Balaban J connectivity index is 2.08. The molecule has 0 bridgehead atoms. The molecular weight excluding hydrogens is 246 g/mol. The highest BCUT2D eigenvalue weighted by molar-refractivity contribution is 5.24. The molecule has 0 aliphatic rings. The third kappa shape index (κ3) is 3.15. The number of nitrogens with zero attached hydrogens (tertiary/aromatic N) is 1. The average Bonchev–Trinajstić information content (AvgIpc) is 2.40. The summed E-state index contributed by atoms with van der Waals surface area (Å²) in [4.78, 5) is 4.02. The van der Waals surface area contributed by atoms with E-state index in [0.717, 1.165) is 17.2 Å². The molecule has 100 valence electrons. The van der Waals surface area contributed by atoms with Crippen LogP contribution < -0.4 is 5.32 Å². The summed E-state index contributed by atoms with van der Waals surface area (Å²) < 4.78 is 26.8. The van der Waals surface area contributed by atoms with Crippen molar-refractivity contribution in [3.8, 4) is 0 Å². The van der Waals surface area contributed by atoms with Crippen molar-refractivity contribution in [2.75, 3.05) is 0 Å². The summed E-state index contributed by atoms with van der Waals surface area (Å²) in [6.07, 6.45) is 3.50. The van der Waals surface area contributed by atoms with Crippen LogP contribution in [-0.2, 0) is 6.54 Å². The molecule has 4 heteroatoms. The second kappa shape index (κ2) is 5.89. The van der Waals surface area contributed by atoms with Gasteiger partial charge in [0.25, 0.3) is 0 Å². The molecule has 0 aliphatic heterocycles. The van der Waals surface area contributed by atoms with Gasteiger partial charge in [-0.25, -0.2) is 8.78 Å². The van der Waals surface area contributed by atoms with E-state index in [0.29, 0.717) is 12.1 Å². The van der Waals surface area contributed by atoms with Gasteiger partial charge in [-0.2, -0.15) is 0 Å². The lowest BCUT2D eigenvalue weighted by Crippen LogP contribution is -2.20. The van der Waals surface area contributed by atoms with Crippen LogP contribution in [0.25, 0.3) is 0 Å². The second-order valence-corrected chi connectivity index (χ2v) is 4.55. The number of hydrogen-bond acceptors (Lipinski definition) is 2. The molecule has 1 atom stereocenters. The van der Waals surface area contributed by atoms with E-state index in [9.17, 15) is 8.78 Å². The number of aromatic nitrogens is 1. The summed E-state index contributed by atoms with van der Waals surface area (Å²) in [6.45, 7) is 4.37. The van der Waals surface area contributed by atoms with Crippen molar-refractivity contribution in [1.29, 1.82) is 0 Å². The van der Waals surface area contributed by atoms with E-state index in [-0.39, 0.29) is 6.04 Å². The molecule has 1 unspecified atom stereocenters. The highest BCUT2D eigenvalue weighted by Crippen LogP contribution is 2.19. The van der Waals surface area contributed by atoms with E-state index >= 15 is 0 Å². The Morgan fingerprint density at radius 1 is 1.26 bits per heavy atom. The van der Waals surface area contributed by atoms with Crippen LogP contribution in [0.5, 0.6) is 0 Å². The summed E-state index contributed by atoms with van der Waals surface area (Å²) in [5.41, 5.74) is 2.51. The Bertz CT molecular complexity index is 570. The zero-order valence-corrected chi connectivity index (χ0v) is 11.0. The molecule has 2 nitrogen and oxygen atoms in total. The van der Waals surface area contributed by atoms with Gasteiger partial charge in [-0.15, -0.1) is 0 Å². The first-order chi connectivity index (χ1) is 9.09. The van der Waals surface area contributed by atoms with Gasteiger partial charge in [0, 0.05) is 30.5 Å². The molecule has 0 saturated heterocycles. The molecule has 0 fully saturated rings. The third-order valence-corrected chi connectivity index (χ3v) is 3.18. The van der Waals surface area contributed by atoms with Gasteiger partial charge in [0.05, 0.1) is 0 Å². The van der Waals surface area contributed by atoms with Gasteiger partial charge in [0.1, 0.15) is 0 Å². The number of halogens is 2. The Hall–Kier alpha value is -1.81. The van der Waals surface area contributed by atoms with Crippen LogP contribution in [-0.4, -0.2) is 4.98 Å². The monoisotopic (exact) mass is 262 g/mol. The number of rotatable bonds is 4. The lowest BCUT2D eigenvalue weighted by atomic mass is 10.1. The fraction of sp³-hybridized carbons (Fsp3) is 0.267. The smallest absolute Gasteiger partial charge is 0.163 e. The highest BCUT2D eigenvalue weighted by atomic mass is 19.2. The fourth-order valence-electron chi connectivity index (χ4n) is 1.93. The minimum Gasteiger partial charge on any atom is -0.306 e. The maximum atomic E-state index is 13.6. The Morgan fingerprint density at radius 2 is 2.05 bits per heavy atom. The number of aryl methyl sites for hydroxylation is 1. The largest absolute Gasteiger partial charge is 0.306 e. The predicted octanol–water partition coefficient (Wildman–Crippen LogP) is 3.52. The minimum absolute atomic E-state index is 0.261. The van der Waals surface area contributed by atoms with E-state index in [2.05, 4.69) is 10.3 Å². The molecule has 0 aliphatic carbocycles. The lowest BCUT2D eigenvalue weighted by molar-refractivity contribution is 0.472. The Kier molecular flexibility index (Phi) is 4.22. The van der Waals surface area contributed by atoms with Crippen LogP contribution >= 0.6 is 0 Å². The Labute approximate surface area is 111 Å². The van der Waals surface area contributed by atoms with E-state index < -0.39 is 11.6 Å². The van der Waals surface area contributed by atoms with Crippen LogP contribution in [0.3, 0.4) is 0 Å². The summed E-state index contributed by atoms with van der Waals surface area (Å²) in [7, 11) is 0. The van der Waals surface area contributed by atoms with Crippen molar-refractivity contribution in [2.24, 2.45) is 0 Å². The summed E-state index contributed by atoms with van der Waals surface area (Å²) in [6, 6.07) is 5.89. The van der Waals surface area contributed by atoms with Gasteiger partial charge < -0.3 is 5.32 Å². The van der Waals surface area contributed by atoms with Crippen molar-refractivity contribution in [3.05, 3.63) is 65.0 Å². The van der Waals surface area contributed by atoms with Crippen molar-refractivity contribution >= 4 is 0 Å². The van der Waals surface area contributed by atoms with Crippen molar-refractivity contribution in [3.63, 3.8) is 0 Å². The number of benzene rings is 1. The summed E-state index contributed by atoms with van der Waals surface area (Å²) in [5, 5.41) is 3.19. The van der Waals surface area contributed by atoms with Crippen molar-refractivity contribution in [1.82, 2.24) is 10.3 Å². The third-order valence-electron chi connectivity index (χ3n) is 3.18. The number of hydrogen-bond donors (Lipinski definition) is 1. The normalized spacial score (nSPS) is 12.4. The van der Waals surface area contributed by atoms with E-state index in [1.54, 1.807) is 18.5 Å². The number of pyridine rings is 1. The first-order valence-corrected chi connectivity index (χ1v) is 6.16. The van der Waals surface area contributed by atoms with Gasteiger partial charge in [0.2, 0.25) is 0 Å². The minimum atomic E-state index is -0.814. The van der Waals surface area contributed by atoms with Crippen LogP contribution in [0.2, 0.25) is 0 Å². The van der Waals surface area contributed by atoms with Crippen LogP contribution in [0.4, 0.5) is 8.78 Å². The first-order valence-electron chi connectivity index (χ1n) is 6.16. The van der Waals surface area contributed by atoms with Gasteiger partial charge in [0.15, 0.2) is 11.6 Å². The maximum absolute atomic E-state index is 13.6. The first kappa shape index (κ1) is 13.6. The summed E-state index contributed by atoms with van der Waals surface area (Å²) >= 11 is 0. The lowest BCUT2D eigenvalue weighted by Gasteiger charge is -2.16. The van der Waals surface area contributed by atoms with E-state index in [1.807, 2.05) is 19.9 Å². The molecule has 1 aromatic heterocycles. The van der Waals surface area contributed by atoms with Gasteiger partial charge in [-0.3, -0.25) is 4.98 Å². The molecular formula is C15H16F2N2. The average molecular weight is 262 g/mol. The molecule has 2 rings (SSSR count). The van der Waals surface area contributed by atoms with E-state index in [1.165, 1.54) is 6.07 Å². The predicted molar refractivity (Wildman–Crippen MR) is 70.6 cm³/mol. The zero-order valence-electron chi connectivity index (χ0n) is 11.0. The molecule has 0 radical (unpaired) electrons. The Morgan fingerprint density at radius 3 is 2.79 bits per heavy atom. The fourth-order valence-corrected chi connectivity index (χ4v) is 1.93.